The second-order valence-corrected chi connectivity index (χ2v) is 15.5. The second-order valence-electron chi connectivity index (χ2n) is 15.5. The van der Waals surface area contributed by atoms with Crippen LogP contribution in [0.15, 0.2) is 42.3 Å². The van der Waals surface area contributed by atoms with Crippen LogP contribution in [0.4, 0.5) is 47.3 Å². The molecule has 0 radical (unpaired) electrons. The van der Waals surface area contributed by atoms with Gasteiger partial charge in [-0.3, -0.25) is 9.69 Å². The number of methoxy groups -OCH3 is 1. The van der Waals surface area contributed by atoms with Gasteiger partial charge in [0.25, 0.3) is 5.91 Å². The Morgan fingerprint density at radius 1 is 0.983 bits per heavy atom. The molecule has 1 aromatic carbocycles. The number of nitrogens with two attached hydrogens (primary N) is 1. The van der Waals surface area contributed by atoms with Crippen LogP contribution < -0.4 is 26.0 Å². The van der Waals surface area contributed by atoms with Gasteiger partial charge in [0, 0.05) is 12.5 Å². The number of alkyl halides is 6. The van der Waals surface area contributed by atoms with Gasteiger partial charge in [-0.1, -0.05) is 6.92 Å². The van der Waals surface area contributed by atoms with Gasteiger partial charge in [-0.05, 0) is 84.2 Å². The molecule has 3 amide bonds. The lowest BCUT2D eigenvalue weighted by atomic mass is 9.83. The first-order valence-corrected chi connectivity index (χ1v) is 17.8. The number of nitrogens with zero attached hydrogens (tertiary/aromatic N) is 4. The van der Waals surface area contributed by atoms with Crippen LogP contribution in [0.25, 0.3) is 0 Å². The predicted molar refractivity (Wildman–Crippen MR) is 198 cm³/mol. The number of aromatic nitrogens is 3. The molecule has 2 aromatic heterocycles. The molecule has 0 bridgehead atoms. The highest BCUT2D eigenvalue weighted by molar-refractivity contribution is 6.00. The van der Waals surface area contributed by atoms with Gasteiger partial charge in [0.2, 0.25) is 11.6 Å². The topological polar surface area (TPSA) is 208 Å². The van der Waals surface area contributed by atoms with E-state index in [0.29, 0.717) is 12.1 Å². The molecular formula is C38H43F6N7O8. The van der Waals surface area contributed by atoms with Crippen LogP contribution >= 0.6 is 0 Å². The Hall–Kier alpha value is -5.95. The lowest BCUT2D eigenvalue weighted by Gasteiger charge is -2.45. The SMILES string of the molecule is CC[C@]1(N)C[C@H](c2ncc(NC(=O)[C@@H](NC(=O)OC(C)(C)C)C(=C=O)OC(C)(C)C)c(Cc3cc(C(F)(F)F)cc(C(F)(F)F)c3)n2)c2nc(OC)ccc2N1C(=O)O. The van der Waals surface area contributed by atoms with E-state index in [-0.39, 0.29) is 53.4 Å². The maximum absolute atomic E-state index is 14.0. The van der Waals surface area contributed by atoms with E-state index in [1.807, 2.05) is 0 Å². The van der Waals surface area contributed by atoms with Gasteiger partial charge in [-0.2, -0.15) is 26.3 Å². The van der Waals surface area contributed by atoms with Crippen molar-refractivity contribution < 1.29 is 64.8 Å². The van der Waals surface area contributed by atoms with E-state index in [4.69, 9.17) is 19.9 Å². The van der Waals surface area contributed by atoms with Gasteiger partial charge in [0.15, 0.2) is 12.0 Å². The number of anilines is 2. The molecule has 59 heavy (non-hydrogen) atoms. The molecule has 0 spiro atoms. The molecule has 3 aromatic rings. The number of ether oxygens (including phenoxy) is 3. The third-order valence-corrected chi connectivity index (χ3v) is 8.64. The molecule has 15 nitrogen and oxygen atoms in total. The fourth-order valence-electron chi connectivity index (χ4n) is 6.10. The molecule has 0 aliphatic carbocycles. The molecular weight excluding hydrogens is 796 g/mol. The van der Waals surface area contributed by atoms with Crippen LogP contribution in [0.5, 0.6) is 5.88 Å². The van der Waals surface area contributed by atoms with E-state index in [1.54, 1.807) is 6.92 Å². The van der Waals surface area contributed by atoms with E-state index in [0.717, 1.165) is 11.1 Å². The summed E-state index contributed by atoms with van der Waals surface area (Å²) in [4.78, 5) is 65.8. The molecule has 0 fully saturated rings. The highest BCUT2D eigenvalue weighted by Crippen LogP contribution is 2.45. The summed E-state index contributed by atoms with van der Waals surface area (Å²) >= 11 is 0. The molecule has 21 heteroatoms. The van der Waals surface area contributed by atoms with E-state index >= 15 is 0 Å². The second kappa shape index (κ2) is 16.7. The number of nitrogens with one attached hydrogen (secondary N) is 2. The van der Waals surface area contributed by atoms with Crippen molar-refractivity contribution in [2.24, 2.45) is 5.73 Å². The molecule has 5 N–H and O–H groups in total. The Bertz CT molecular complexity index is 2110. The lowest BCUT2D eigenvalue weighted by Crippen LogP contribution is -2.61. The summed E-state index contributed by atoms with van der Waals surface area (Å²) in [5, 5.41) is 14.8. The Balaban J connectivity index is 1.95. The Kier molecular flexibility index (Phi) is 13.0. The summed E-state index contributed by atoms with van der Waals surface area (Å²) in [6.45, 7) is 10.8. The molecule has 1 aliphatic heterocycles. The third-order valence-electron chi connectivity index (χ3n) is 8.64. The lowest BCUT2D eigenvalue weighted by molar-refractivity contribution is -0.143. The van der Waals surface area contributed by atoms with Crippen LogP contribution in [0, 0.1) is 0 Å². The zero-order chi connectivity index (χ0) is 44.5. The molecule has 3 heterocycles. The van der Waals surface area contributed by atoms with Gasteiger partial charge >= 0.3 is 24.5 Å². The highest BCUT2D eigenvalue weighted by Gasteiger charge is 2.47. The normalized spacial score (nSPS) is 17.5. The fraction of sp³-hybridized carbons (Fsp3) is 0.474. The smallest absolute Gasteiger partial charge is 0.416 e. The van der Waals surface area contributed by atoms with Gasteiger partial charge in [0.1, 0.15) is 22.7 Å². The molecule has 4 rings (SSSR count). The number of carbonyl (C=O) groups excluding carboxylic acids is 3. The van der Waals surface area contributed by atoms with E-state index in [9.17, 15) is 50.6 Å². The zero-order valence-electron chi connectivity index (χ0n) is 33.2. The molecule has 3 atom stereocenters. The number of carboxylic acid groups (broad SMARTS) is 1. The Labute approximate surface area is 334 Å². The molecule has 0 unspecified atom stereocenters. The van der Waals surface area contributed by atoms with Crippen molar-refractivity contribution >= 4 is 35.4 Å². The molecule has 320 valence electrons. The number of carbonyl (C=O) groups is 3. The van der Waals surface area contributed by atoms with Crippen LogP contribution in [0.2, 0.25) is 0 Å². The minimum absolute atomic E-state index is 0.0252. The van der Waals surface area contributed by atoms with Crippen LogP contribution in [0.3, 0.4) is 0 Å². The summed E-state index contributed by atoms with van der Waals surface area (Å²) in [5.41, 5.74) is -1.54. The quantitative estimate of drug-likeness (QED) is 0.0929. The zero-order valence-corrected chi connectivity index (χ0v) is 33.2. The number of hydrogen-bond donors (Lipinski definition) is 4. The summed E-state index contributed by atoms with van der Waals surface area (Å²) in [6.07, 6.45) is -12.9. The van der Waals surface area contributed by atoms with Crippen molar-refractivity contribution in [3.05, 3.63) is 76.2 Å². The minimum Gasteiger partial charge on any atom is -0.481 e. The summed E-state index contributed by atoms with van der Waals surface area (Å²) in [5.74, 6) is -1.60. The number of benzene rings is 1. The van der Waals surface area contributed by atoms with Crippen LogP contribution in [-0.4, -0.2) is 74.1 Å². The van der Waals surface area contributed by atoms with E-state index in [2.05, 4.69) is 25.6 Å². The first-order valence-electron chi connectivity index (χ1n) is 17.8. The average Bonchev–Trinajstić information content (AvgIpc) is 3.11. The van der Waals surface area contributed by atoms with Crippen LogP contribution in [0.1, 0.15) is 101 Å². The van der Waals surface area contributed by atoms with Gasteiger partial charge in [-0.25, -0.2) is 29.3 Å². The molecule has 0 saturated heterocycles. The highest BCUT2D eigenvalue weighted by atomic mass is 19.4. The Morgan fingerprint density at radius 3 is 2.07 bits per heavy atom. The number of fused-ring (bicyclic) bond motifs is 1. The fourth-order valence-corrected chi connectivity index (χ4v) is 6.10. The number of rotatable bonds is 10. The first kappa shape index (κ1) is 45.7. The predicted octanol–water partition coefficient (Wildman–Crippen LogP) is 6.96. The van der Waals surface area contributed by atoms with Crippen molar-refractivity contribution in [3.63, 3.8) is 0 Å². The van der Waals surface area contributed by atoms with E-state index in [1.165, 1.54) is 66.7 Å². The minimum atomic E-state index is -5.20. The van der Waals surface area contributed by atoms with Crippen molar-refractivity contribution in [1.29, 1.82) is 0 Å². The summed E-state index contributed by atoms with van der Waals surface area (Å²) in [7, 11) is 1.31. The summed E-state index contributed by atoms with van der Waals surface area (Å²) < 4.78 is 99.7. The third kappa shape index (κ3) is 11.2. The van der Waals surface area contributed by atoms with Gasteiger partial charge in [0.05, 0.1) is 53.1 Å². The monoisotopic (exact) mass is 839 g/mol. The van der Waals surface area contributed by atoms with Crippen molar-refractivity contribution in [3.8, 4) is 5.88 Å². The van der Waals surface area contributed by atoms with Gasteiger partial charge in [-0.15, -0.1) is 0 Å². The maximum atomic E-state index is 14.0. The van der Waals surface area contributed by atoms with E-state index < -0.39 is 88.1 Å². The number of hydrogen-bond acceptors (Lipinski definition) is 11. The van der Waals surface area contributed by atoms with Crippen molar-refractivity contribution in [2.75, 3.05) is 17.3 Å². The van der Waals surface area contributed by atoms with Gasteiger partial charge < -0.3 is 35.7 Å². The first-order chi connectivity index (χ1) is 27.1. The standard InChI is InChI=1S/C38H43F6N7O8/c1-9-36(45)16-22(28-25(51(36)33(55)56)10-11-27(49-28)57-8)30-46-17-24(23(47-30)14-19-12-20(37(39,40)41)15-21(13-19)38(42,43)44)48-31(53)29(26(18-52)58-34(2,3)4)50-32(54)59-35(5,6)7/h10-13,15,17,22,29H,9,14,16,45H2,1-8H3,(H,48,53)(H,50,54)(H,55,56)/t22-,29-,36+/m0/s1. The maximum Gasteiger partial charge on any atom is 0.416 e. The van der Waals surface area contributed by atoms with Crippen molar-refractivity contribution in [2.45, 2.75) is 109 Å². The molecule has 1 aliphatic rings. The number of amides is 3. The number of pyridine rings is 1. The molecule has 0 saturated carbocycles. The van der Waals surface area contributed by atoms with Crippen LogP contribution in [-0.2, 0) is 37.8 Å². The van der Waals surface area contributed by atoms with Crippen molar-refractivity contribution in [1.82, 2.24) is 20.3 Å². The number of halogens is 6. The Morgan fingerprint density at radius 2 is 1.58 bits per heavy atom. The largest absolute Gasteiger partial charge is 0.481 e. The average molecular weight is 840 g/mol. The number of alkyl carbamates (subject to hydrolysis) is 1. The summed E-state index contributed by atoms with van der Waals surface area (Å²) in [6, 6.07) is 1.74.